The van der Waals surface area contributed by atoms with Gasteiger partial charge >= 0.3 is 0 Å². The number of hydrogen-bond acceptors (Lipinski definition) is 6. The molecule has 0 aromatic carbocycles. The molecule has 0 atom stereocenters. The Balaban J connectivity index is 2.87. The van der Waals surface area contributed by atoms with Gasteiger partial charge in [-0.05, 0) is 6.42 Å². The molecule has 0 bridgehead atoms. The van der Waals surface area contributed by atoms with E-state index in [4.69, 9.17) is 15.2 Å². The third-order valence-corrected chi connectivity index (χ3v) is 2.93. The summed E-state index contributed by atoms with van der Waals surface area (Å²) in [5.41, 5.74) is 5.88. The lowest BCUT2D eigenvalue weighted by molar-refractivity contribution is 0.191. The van der Waals surface area contributed by atoms with Crippen LogP contribution in [0, 0.1) is 0 Å². The van der Waals surface area contributed by atoms with Crippen molar-refractivity contribution in [2.75, 3.05) is 51.2 Å². The molecule has 1 rings (SSSR count). The molecule has 0 radical (unpaired) electrons. The Morgan fingerprint density at radius 1 is 1.15 bits per heavy atom. The Kier molecular flexibility index (Phi) is 7.25. The van der Waals surface area contributed by atoms with Crippen LogP contribution in [0.3, 0.4) is 0 Å². The molecule has 0 aliphatic carbocycles. The predicted molar refractivity (Wildman–Crippen MR) is 81.1 cm³/mol. The molecule has 6 heteroatoms. The normalized spacial score (nSPS) is 11.1. The quantitative estimate of drug-likeness (QED) is 0.695. The van der Waals surface area contributed by atoms with Crippen LogP contribution in [0.15, 0.2) is 6.07 Å². The molecule has 0 saturated carbocycles. The summed E-state index contributed by atoms with van der Waals surface area (Å²) in [4.78, 5) is 11.0. The first-order valence-corrected chi connectivity index (χ1v) is 6.95. The Bertz CT molecular complexity index is 399. The van der Waals surface area contributed by atoms with Crippen LogP contribution in [0.5, 0.6) is 0 Å². The van der Waals surface area contributed by atoms with Gasteiger partial charge in [-0.25, -0.2) is 9.97 Å². The molecule has 0 fully saturated rings. The summed E-state index contributed by atoms with van der Waals surface area (Å²) in [6, 6.07) is 1.81. The molecule has 0 unspecified atom stereocenters. The summed E-state index contributed by atoms with van der Waals surface area (Å²) in [5.74, 6) is 2.39. The molecule has 20 heavy (non-hydrogen) atoms. The molecule has 1 aromatic rings. The molecule has 0 spiro atoms. The van der Waals surface area contributed by atoms with E-state index < -0.39 is 0 Å². The Morgan fingerprint density at radius 3 is 2.45 bits per heavy atom. The standard InChI is InChI=1S/C14H26N4O2/c1-11(2)14-16-12(15)10-13(17-14)18(7-9-20-4)6-5-8-19-3/h10-11H,5-9H2,1-4H3,(H2,15,16,17). The van der Waals surface area contributed by atoms with Crippen molar-refractivity contribution in [2.45, 2.75) is 26.2 Å². The van der Waals surface area contributed by atoms with Gasteiger partial charge in [-0.1, -0.05) is 13.8 Å². The van der Waals surface area contributed by atoms with Crippen LogP contribution in [-0.2, 0) is 9.47 Å². The van der Waals surface area contributed by atoms with Crippen LogP contribution < -0.4 is 10.6 Å². The summed E-state index contributed by atoms with van der Waals surface area (Å²) in [7, 11) is 3.40. The lowest BCUT2D eigenvalue weighted by Gasteiger charge is -2.24. The molecule has 0 saturated heterocycles. The van der Waals surface area contributed by atoms with Gasteiger partial charge in [0.05, 0.1) is 6.61 Å². The van der Waals surface area contributed by atoms with Gasteiger partial charge in [0.15, 0.2) is 0 Å². The van der Waals surface area contributed by atoms with E-state index >= 15 is 0 Å². The first kappa shape index (κ1) is 16.7. The number of ether oxygens (including phenoxy) is 2. The predicted octanol–water partition coefficient (Wildman–Crippen LogP) is 1.67. The third-order valence-electron chi connectivity index (χ3n) is 2.93. The minimum Gasteiger partial charge on any atom is -0.385 e. The SMILES string of the molecule is COCCCN(CCOC)c1cc(N)nc(C(C)C)n1. The minimum atomic E-state index is 0.250. The number of methoxy groups -OCH3 is 2. The highest BCUT2D eigenvalue weighted by Gasteiger charge is 2.12. The van der Waals surface area contributed by atoms with E-state index in [1.807, 2.05) is 6.07 Å². The van der Waals surface area contributed by atoms with Gasteiger partial charge in [-0.2, -0.15) is 0 Å². The fraction of sp³-hybridized carbons (Fsp3) is 0.714. The average Bonchev–Trinajstić information content (AvgIpc) is 2.42. The number of aromatic nitrogens is 2. The third kappa shape index (κ3) is 5.30. The van der Waals surface area contributed by atoms with Crippen molar-refractivity contribution < 1.29 is 9.47 Å². The zero-order valence-electron chi connectivity index (χ0n) is 12.9. The average molecular weight is 282 g/mol. The summed E-state index contributed by atoms with van der Waals surface area (Å²) < 4.78 is 10.3. The van der Waals surface area contributed by atoms with Gasteiger partial charge < -0.3 is 20.1 Å². The smallest absolute Gasteiger partial charge is 0.135 e. The van der Waals surface area contributed by atoms with E-state index in [9.17, 15) is 0 Å². The first-order valence-electron chi connectivity index (χ1n) is 6.95. The fourth-order valence-corrected chi connectivity index (χ4v) is 1.83. The molecule has 2 N–H and O–H groups in total. The Morgan fingerprint density at radius 2 is 1.85 bits per heavy atom. The van der Waals surface area contributed by atoms with Crippen molar-refractivity contribution in [3.8, 4) is 0 Å². The molecule has 0 amide bonds. The van der Waals surface area contributed by atoms with Gasteiger partial charge in [0.1, 0.15) is 17.5 Å². The number of nitrogens with zero attached hydrogens (tertiary/aromatic N) is 3. The molecular weight excluding hydrogens is 256 g/mol. The van der Waals surface area contributed by atoms with Crippen molar-refractivity contribution in [1.82, 2.24) is 9.97 Å². The summed E-state index contributed by atoms with van der Waals surface area (Å²) in [6.45, 7) is 7.11. The van der Waals surface area contributed by atoms with Crippen LogP contribution in [0.1, 0.15) is 32.0 Å². The highest BCUT2D eigenvalue weighted by Crippen LogP contribution is 2.18. The van der Waals surface area contributed by atoms with Crippen molar-refractivity contribution in [2.24, 2.45) is 0 Å². The highest BCUT2D eigenvalue weighted by atomic mass is 16.5. The van der Waals surface area contributed by atoms with E-state index in [0.29, 0.717) is 12.4 Å². The lowest BCUT2D eigenvalue weighted by Crippen LogP contribution is -2.30. The van der Waals surface area contributed by atoms with E-state index in [1.54, 1.807) is 14.2 Å². The van der Waals surface area contributed by atoms with Gasteiger partial charge in [0.25, 0.3) is 0 Å². The number of hydrogen-bond donors (Lipinski definition) is 1. The van der Waals surface area contributed by atoms with Gasteiger partial charge in [-0.15, -0.1) is 0 Å². The Hall–Kier alpha value is -1.40. The van der Waals surface area contributed by atoms with Crippen molar-refractivity contribution in [3.63, 3.8) is 0 Å². The molecule has 1 aromatic heterocycles. The lowest BCUT2D eigenvalue weighted by atomic mass is 10.2. The maximum atomic E-state index is 5.88. The maximum Gasteiger partial charge on any atom is 0.135 e. The largest absolute Gasteiger partial charge is 0.385 e. The number of anilines is 2. The first-order chi connectivity index (χ1) is 9.58. The van der Waals surface area contributed by atoms with Crippen LogP contribution >= 0.6 is 0 Å². The zero-order chi connectivity index (χ0) is 15.0. The van der Waals surface area contributed by atoms with E-state index in [1.165, 1.54) is 0 Å². The molecule has 1 heterocycles. The van der Waals surface area contributed by atoms with Crippen molar-refractivity contribution in [3.05, 3.63) is 11.9 Å². The van der Waals surface area contributed by atoms with Crippen LogP contribution in [0.2, 0.25) is 0 Å². The molecule has 6 nitrogen and oxygen atoms in total. The summed E-state index contributed by atoms with van der Waals surface area (Å²) in [5, 5.41) is 0. The topological polar surface area (TPSA) is 73.5 Å². The van der Waals surface area contributed by atoms with Crippen LogP contribution in [-0.4, -0.2) is 50.5 Å². The van der Waals surface area contributed by atoms with E-state index in [2.05, 4.69) is 28.7 Å². The Labute approximate surface area is 121 Å². The number of rotatable bonds is 9. The second kappa shape index (κ2) is 8.71. The van der Waals surface area contributed by atoms with Crippen LogP contribution in [0.4, 0.5) is 11.6 Å². The van der Waals surface area contributed by atoms with Gasteiger partial charge in [-0.3, -0.25) is 0 Å². The van der Waals surface area contributed by atoms with E-state index in [0.717, 1.165) is 37.8 Å². The second-order valence-electron chi connectivity index (χ2n) is 4.99. The molecular formula is C14H26N4O2. The molecule has 0 aliphatic heterocycles. The highest BCUT2D eigenvalue weighted by molar-refractivity contribution is 5.47. The number of nitrogens with two attached hydrogens (primary N) is 1. The van der Waals surface area contributed by atoms with Gasteiger partial charge in [0, 0.05) is 45.9 Å². The zero-order valence-corrected chi connectivity index (χ0v) is 12.9. The summed E-state index contributed by atoms with van der Waals surface area (Å²) in [6.07, 6.45) is 0.932. The molecule has 0 aliphatic rings. The maximum absolute atomic E-state index is 5.88. The second-order valence-corrected chi connectivity index (χ2v) is 4.99. The minimum absolute atomic E-state index is 0.250. The number of nitrogen functional groups attached to an aromatic ring is 1. The molecule has 114 valence electrons. The fourth-order valence-electron chi connectivity index (χ4n) is 1.83. The van der Waals surface area contributed by atoms with E-state index in [-0.39, 0.29) is 5.92 Å². The monoisotopic (exact) mass is 282 g/mol. The summed E-state index contributed by atoms with van der Waals surface area (Å²) >= 11 is 0. The van der Waals surface area contributed by atoms with Gasteiger partial charge in [0.2, 0.25) is 0 Å². The van der Waals surface area contributed by atoms with Crippen molar-refractivity contribution in [1.29, 1.82) is 0 Å². The van der Waals surface area contributed by atoms with Crippen molar-refractivity contribution >= 4 is 11.6 Å². The van der Waals surface area contributed by atoms with Crippen LogP contribution in [0.25, 0.3) is 0 Å².